The first-order valence-corrected chi connectivity index (χ1v) is 5.99. The van der Waals surface area contributed by atoms with Gasteiger partial charge in [-0.25, -0.2) is 4.98 Å². The van der Waals surface area contributed by atoms with Crippen LogP contribution in [-0.4, -0.2) is 9.97 Å². The predicted octanol–water partition coefficient (Wildman–Crippen LogP) is 3.53. The average Bonchev–Trinajstić information content (AvgIpc) is 2.81. The number of nitrogens with zero attached hydrogens (tertiary/aromatic N) is 1. The second-order valence-electron chi connectivity index (χ2n) is 4.29. The van der Waals surface area contributed by atoms with E-state index in [1.165, 1.54) is 29.7 Å². The van der Waals surface area contributed by atoms with Gasteiger partial charge in [-0.15, -0.1) is 0 Å². The molecule has 1 N–H and O–H groups in total. The minimum absolute atomic E-state index is 0.462. The highest BCUT2D eigenvalue weighted by Gasteiger charge is 2.22. The number of rotatable bonds is 1. The zero-order chi connectivity index (χ0) is 11.0. The normalized spacial score (nSPS) is 19.4. The van der Waals surface area contributed by atoms with Crippen LogP contribution >= 0.6 is 11.6 Å². The third kappa shape index (κ3) is 1.63. The lowest BCUT2D eigenvalue weighted by atomic mass is 9.81. The summed E-state index contributed by atoms with van der Waals surface area (Å²) in [6.45, 7) is 0. The molecule has 2 nitrogen and oxygen atoms in total. The Morgan fingerprint density at radius 3 is 3.12 bits per heavy atom. The molecule has 0 saturated carbocycles. The van der Waals surface area contributed by atoms with Gasteiger partial charge in [0.15, 0.2) is 0 Å². The zero-order valence-corrected chi connectivity index (χ0v) is 9.67. The summed E-state index contributed by atoms with van der Waals surface area (Å²) in [6, 6.07) is 6.23. The Kier molecular flexibility index (Phi) is 2.44. The molecule has 1 unspecified atom stereocenters. The molecular weight excluding hydrogens is 220 g/mol. The summed E-state index contributed by atoms with van der Waals surface area (Å²) < 4.78 is 0. The molecule has 1 atom stereocenters. The number of aromatic nitrogens is 2. The number of hydrogen-bond donors (Lipinski definition) is 1. The molecule has 0 fully saturated rings. The molecule has 1 aliphatic rings. The van der Waals surface area contributed by atoms with Crippen molar-refractivity contribution in [3.8, 4) is 0 Å². The quantitative estimate of drug-likeness (QED) is 0.801. The second kappa shape index (κ2) is 3.95. The Morgan fingerprint density at radius 2 is 2.31 bits per heavy atom. The highest BCUT2D eigenvalue weighted by atomic mass is 35.5. The van der Waals surface area contributed by atoms with Crippen molar-refractivity contribution in [2.45, 2.75) is 25.2 Å². The number of aromatic amines is 1. The zero-order valence-electron chi connectivity index (χ0n) is 8.91. The molecule has 0 amide bonds. The van der Waals surface area contributed by atoms with Gasteiger partial charge in [0, 0.05) is 22.8 Å². The van der Waals surface area contributed by atoms with Gasteiger partial charge in [-0.3, -0.25) is 0 Å². The summed E-state index contributed by atoms with van der Waals surface area (Å²) in [6.07, 6.45) is 7.22. The van der Waals surface area contributed by atoms with Crippen LogP contribution < -0.4 is 0 Å². The summed E-state index contributed by atoms with van der Waals surface area (Å²) in [5.41, 5.74) is 4.00. The van der Waals surface area contributed by atoms with E-state index in [9.17, 15) is 0 Å². The molecule has 16 heavy (non-hydrogen) atoms. The number of fused-ring (bicyclic) bond motifs is 1. The lowest BCUT2D eigenvalue weighted by Crippen LogP contribution is -2.11. The van der Waals surface area contributed by atoms with E-state index in [1.54, 1.807) is 6.33 Å². The first-order chi connectivity index (χ1) is 7.84. The van der Waals surface area contributed by atoms with E-state index in [0.717, 1.165) is 11.4 Å². The van der Waals surface area contributed by atoms with E-state index in [1.807, 2.05) is 12.3 Å². The first-order valence-electron chi connectivity index (χ1n) is 5.61. The van der Waals surface area contributed by atoms with Crippen LogP contribution in [0, 0.1) is 0 Å². The molecule has 3 heteroatoms. The van der Waals surface area contributed by atoms with Gasteiger partial charge in [-0.1, -0.05) is 17.7 Å². The number of hydrogen-bond acceptors (Lipinski definition) is 1. The van der Waals surface area contributed by atoms with E-state index in [4.69, 9.17) is 11.6 Å². The molecule has 1 aliphatic carbocycles. The van der Waals surface area contributed by atoms with Crippen molar-refractivity contribution in [2.24, 2.45) is 0 Å². The fourth-order valence-corrected chi connectivity index (χ4v) is 2.76. The Balaban J connectivity index is 2.06. The summed E-state index contributed by atoms with van der Waals surface area (Å²) in [4.78, 5) is 7.32. The van der Waals surface area contributed by atoms with E-state index in [2.05, 4.69) is 22.1 Å². The molecule has 0 radical (unpaired) electrons. The largest absolute Gasteiger partial charge is 0.348 e. The third-order valence-corrected chi connectivity index (χ3v) is 3.55. The Labute approximate surface area is 99.7 Å². The van der Waals surface area contributed by atoms with Crippen LogP contribution in [0.3, 0.4) is 0 Å². The van der Waals surface area contributed by atoms with Crippen LogP contribution in [-0.2, 0) is 6.42 Å². The third-order valence-electron chi connectivity index (χ3n) is 3.31. The van der Waals surface area contributed by atoms with Crippen LogP contribution in [0.1, 0.15) is 35.6 Å². The Bertz CT molecular complexity index is 491. The van der Waals surface area contributed by atoms with Gasteiger partial charge in [-0.05, 0) is 42.5 Å². The van der Waals surface area contributed by atoms with Crippen molar-refractivity contribution < 1.29 is 0 Å². The highest BCUT2D eigenvalue weighted by molar-refractivity contribution is 6.30. The molecule has 3 rings (SSSR count). The molecule has 1 aromatic carbocycles. The van der Waals surface area contributed by atoms with Crippen LogP contribution in [0.25, 0.3) is 0 Å². The smallest absolute Gasteiger partial charge is 0.0921 e. The number of aryl methyl sites for hydroxylation is 1. The van der Waals surface area contributed by atoms with Crippen molar-refractivity contribution >= 4 is 11.6 Å². The van der Waals surface area contributed by atoms with Crippen LogP contribution in [0.4, 0.5) is 0 Å². The van der Waals surface area contributed by atoms with E-state index >= 15 is 0 Å². The van der Waals surface area contributed by atoms with Crippen molar-refractivity contribution in [1.82, 2.24) is 9.97 Å². The van der Waals surface area contributed by atoms with E-state index < -0.39 is 0 Å². The van der Waals surface area contributed by atoms with Crippen LogP contribution in [0.15, 0.2) is 30.7 Å². The van der Waals surface area contributed by atoms with Crippen LogP contribution in [0.2, 0.25) is 5.02 Å². The number of imidazole rings is 1. The minimum atomic E-state index is 0.462. The van der Waals surface area contributed by atoms with Crippen molar-refractivity contribution in [3.05, 3.63) is 52.6 Å². The fourth-order valence-electron chi connectivity index (χ4n) is 2.56. The van der Waals surface area contributed by atoms with Gasteiger partial charge >= 0.3 is 0 Å². The van der Waals surface area contributed by atoms with E-state index in [0.29, 0.717) is 5.92 Å². The molecular formula is C13H13ClN2. The van der Waals surface area contributed by atoms with Crippen LogP contribution in [0.5, 0.6) is 0 Å². The monoisotopic (exact) mass is 232 g/mol. The summed E-state index contributed by atoms with van der Waals surface area (Å²) in [5, 5.41) is 0.837. The standard InChI is InChI=1S/C13H13ClN2/c14-10-4-5-11-9(6-10)2-1-3-12(11)13-7-15-8-16-13/h4-8,12H,1-3H2,(H,15,16). The maximum absolute atomic E-state index is 6.03. The summed E-state index contributed by atoms with van der Waals surface area (Å²) >= 11 is 6.03. The van der Waals surface area contributed by atoms with Gasteiger partial charge < -0.3 is 4.98 Å². The number of H-pyrrole nitrogens is 1. The Hall–Kier alpha value is -1.28. The topological polar surface area (TPSA) is 28.7 Å². The molecule has 1 heterocycles. The van der Waals surface area contributed by atoms with Crippen molar-refractivity contribution in [1.29, 1.82) is 0 Å². The maximum Gasteiger partial charge on any atom is 0.0921 e. The molecule has 2 aromatic rings. The van der Waals surface area contributed by atoms with Gasteiger partial charge in [0.2, 0.25) is 0 Å². The lowest BCUT2D eigenvalue weighted by Gasteiger charge is -2.24. The summed E-state index contributed by atoms with van der Waals surface area (Å²) in [5.74, 6) is 0.462. The summed E-state index contributed by atoms with van der Waals surface area (Å²) in [7, 11) is 0. The molecule has 0 aliphatic heterocycles. The van der Waals surface area contributed by atoms with Crippen molar-refractivity contribution in [2.75, 3.05) is 0 Å². The van der Waals surface area contributed by atoms with Gasteiger partial charge in [0.05, 0.1) is 6.33 Å². The van der Waals surface area contributed by atoms with Crippen molar-refractivity contribution in [3.63, 3.8) is 0 Å². The van der Waals surface area contributed by atoms with Gasteiger partial charge in [0.25, 0.3) is 0 Å². The number of halogens is 1. The molecule has 0 spiro atoms. The lowest BCUT2D eigenvalue weighted by molar-refractivity contribution is 0.606. The molecule has 82 valence electrons. The average molecular weight is 233 g/mol. The fraction of sp³-hybridized carbons (Fsp3) is 0.308. The molecule has 1 aromatic heterocycles. The molecule has 0 saturated heterocycles. The first kappa shape index (κ1) is 9.91. The predicted molar refractivity (Wildman–Crippen MR) is 64.8 cm³/mol. The number of benzene rings is 1. The Morgan fingerprint density at radius 1 is 1.38 bits per heavy atom. The number of nitrogens with one attached hydrogen (secondary N) is 1. The van der Waals surface area contributed by atoms with Gasteiger partial charge in [-0.2, -0.15) is 0 Å². The van der Waals surface area contributed by atoms with Gasteiger partial charge in [0.1, 0.15) is 0 Å². The molecule has 0 bridgehead atoms. The maximum atomic E-state index is 6.03. The SMILES string of the molecule is Clc1ccc2c(c1)CCCC2c1cnc[nH]1. The highest BCUT2D eigenvalue weighted by Crippen LogP contribution is 2.36. The minimum Gasteiger partial charge on any atom is -0.348 e. The van der Waals surface area contributed by atoms with E-state index in [-0.39, 0.29) is 0 Å². The second-order valence-corrected chi connectivity index (χ2v) is 4.73.